The summed E-state index contributed by atoms with van der Waals surface area (Å²) < 4.78 is 18.6. The Balaban J connectivity index is 2.40. The third kappa shape index (κ3) is 2.82. The van der Waals surface area contributed by atoms with Gasteiger partial charge < -0.3 is 10.5 Å². The molecular formula is C13H11ClFN3O. The van der Waals surface area contributed by atoms with Gasteiger partial charge in [0.25, 0.3) is 0 Å². The van der Waals surface area contributed by atoms with E-state index in [4.69, 9.17) is 27.5 Å². The molecule has 0 aliphatic rings. The van der Waals surface area contributed by atoms with Crippen molar-refractivity contribution >= 4 is 17.4 Å². The molecule has 6 heteroatoms. The first-order valence-corrected chi connectivity index (χ1v) is 5.79. The summed E-state index contributed by atoms with van der Waals surface area (Å²) in [6.45, 7) is 1.79. The molecule has 98 valence electrons. The minimum absolute atomic E-state index is 0.0467. The zero-order valence-corrected chi connectivity index (χ0v) is 10.8. The standard InChI is InChI=1S/C13H11ClFN3O/c1-7-4-5-18-13(11(7)12(16)17)19-8-2-3-10(15)9(14)6-8/h2-6H,1H3,(H3,16,17). The van der Waals surface area contributed by atoms with Gasteiger partial charge in [-0.2, -0.15) is 0 Å². The van der Waals surface area contributed by atoms with Crippen LogP contribution in [0.25, 0.3) is 0 Å². The molecule has 0 saturated heterocycles. The van der Waals surface area contributed by atoms with Crippen molar-refractivity contribution in [3.63, 3.8) is 0 Å². The van der Waals surface area contributed by atoms with E-state index in [9.17, 15) is 4.39 Å². The number of aromatic nitrogens is 1. The van der Waals surface area contributed by atoms with E-state index in [2.05, 4.69) is 4.98 Å². The molecule has 0 spiro atoms. The summed E-state index contributed by atoms with van der Waals surface area (Å²) in [6, 6.07) is 5.68. The van der Waals surface area contributed by atoms with E-state index in [-0.39, 0.29) is 16.7 Å². The Bertz CT molecular complexity index is 646. The Hall–Kier alpha value is -2.14. The predicted octanol–water partition coefficient (Wildman–Crippen LogP) is 3.26. The highest BCUT2D eigenvalue weighted by atomic mass is 35.5. The second-order valence-corrected chi connectivity index (χ2v) is 4.31. The number of aryl methyl sites for hydroxylation is 1. The van der Waals surface area contributed by atoms with Crippen LogP contribution < -0.4 is 10.5 Å². The van der Waals surface area contributed by atoms with Crippen LogP contribution in [-0.2, 0) is 0 Å². The van der Waals surface area contributed by atoms with Crippen LogP contribution >= 0.6 is 11.6 Å². The van der Waals surface area contributed by atoms with Crippen LogP contribution in [-0.4, -0.2) is 10.8 Å². The van der Waals surface area contributed by atoms with Gasteiger partial charge in [0.2, 0.25) is 5.88 Å². The lowest BCUT2D eigenvalue weighted by molar-refractivity contribution is 0.459. The number of rotatable bonds is 3. The van der Waals surface area contributed by atoms with Crippen LogP contribution in [0.15, 0.2) is 30.5 Å². The minimum atomic E-state index is -0.530. The van der Waals surface area contributed by atoms with E-state index in [1.165, 1.54) is 18.2 Å². The van der Waals surface area contributed by atoms with Crippen molar-refractivity contribution < 1.29 is 9.13 Å². The monoisotopic (exact) mass is 279 g/mol. The Morgan fingerprint density at radius 3 is 2.79 bits per heavy atom. The third-order valence-corrected chi connectivity index (χ3v) is 2.79. The first-order valence-electron chi connectivity index (χ1n) is 5.42. The van der Waals surface area contributed by atoms with Gasteiger partial charge in [0.05, 0.1) is 10.6 Å². The molecule has 4 nitrogen and oxygen atoms in total. The van der Waals surface area contributed by atoms with Gasteiger partial charge in [-0.3, -0.25) is 5.41 Å². The quantitative estimate of drug-likeness (QED) is 0.669. The van der Waals surface area contributed by atoms with E-state index < -0.39 is 5.82 Å². The Morgan fingerprint density at radius 1 is 1.42 bits per heavy atom. The molecule has 2 aromatic rings. The topological polar surface area (TPSA) is 72.0 Å². The molecule has 0 saturated carbocycles. The number of nitrogens with zero attached hydrogens (tertiary/aromatic N) is 1. The van der Waals surface area contributed by atoms with Crippen molar-refractivity contribution in [3.05, 3.63) is 52.4 Å². The minimum Gasteiger partial charge on any atom is -0.438 e. The molecule has 1 heterocycles. The van der Waals surface area contributed by atoms with Crippen molar-refractivity contribution in [3.8, 4) is 11.6 Å². The summed E-state index contributed by atoms with van der Waals surface area (Å²) in [5.41, 5.74) is 6.67. The number of benzene rings is 1. The van der Waals surface area contributed by atoms with Crippen LogP contribution in [0.5, 0.6) is 11.6 Å². The summed E-state index contributed by atoms with van der Waals surface area (Å²) in [5, 5.41) is 7.48. The number of amidine groups is 1. The molecule has 1 aromatic carbocycles. The number of hydrogen-bond donors (Lipinski definition) is 2. The van der Waals surface area contributed by atoms with Crippen molar-refractivity contribution in [2.75, 3.05) is 0 Å². The normalized spacial score (nSPS) is 10.3. The maximum absolute atomic E-state index is 13.1. The number of nitrogens with one attached hydrogen (secondary N) is 1. The third-order valence-electron chi connectivity index (χ3n) is 2.50. The number of hydrogen-bond acceptors (Lipinski definition) is 3. The summed E-state index contributed by atoms with van der Waals surface area (Å²) in [7, 11) is 0. The van der Waals surface area contributed by atoms with E-state index in [1.807, 2.05) is 0 Å². The SMILES string of the molecule is Cc1ccnc(Oc2ccc(F)c(Cl)c2)c1C(=N)N. The second kappa shape index (κ2) is 5.24. The Kier molecular flexibility index (Phi) is 3.66. The van der Waals surface area contributed by atoms with E-state index in [0.717, 1.165) is 5.56 Å². The molecule has 0 amide bonds. The zero-order chi connectivity index (χ0) is 14.0. The molecule has 0 radical (unpaired) electrons. The fourth-order valence-electron chi connectivity index (χ4n) is 1.59. The average Bonchev–Trinajstić information content (AvgIpc) is 2.33. The molecule has 0 bridgehead atoms. The highest BCUT2D eigenvalue weighted by Gasteiger charge is 2.13. The number of pyridine rings is 1. The highest BCUT2D eigenvalue weighted by Crippen LogP contribution is 2.27. The second-order valence-electron chi connectivity index (χ2n) is 3.90. The first-order chi connectivity index (χ1) is 8.99. The maximum atomic E-state index is 13.1. The van der Waals surface area contributed by atoms with Gasteiger partial charge >= 0.3 is 0 Å². The van der Waals surface area contributed by atoms with Gasteiger partial charge in [-0.15, -0.1) is 0 Å². The van der Waals surface area contributed by atoms with Crippen LogP contribution in [0.2, 0.25) is 5.02 Å². The van der Waals surface area contributed by atoms with Crippen molar-refractivity contribution in [2.45, 2.75) is 6.92 Å². The van der Waals surface area contributed by atoms with Crippen LogP contribution in [0, 0.1) is 18.2 Å². The van der Waals surface area contributed by atoms with Crippen LogP contribution in [0.3, 0.4) is 0 Å². The van der Waals surface area contributed by atoms with Gasteiger partial charge in [0.15, 0.2) is 0 Å². The summed E-state index contributed by atoms with van der Waals surface area (Å²) in [6.07, 6.45) is 1.54. The molecular weight excluding hydrogens is 269 g/mol. The molecule has 0 aliphatic carbocycles. The molecule has 2 rings (SSSR count). The molecule has 0 fully saturated rings. The Morgan fingerprint density at radius 2 is 2.16 bits per heavy atom. The largest absolute Gasteiger partial charge is 0.438 e. The molecule has 3 N–H and O–H groups in total. The molecule has 1 aromatic heterocycles. The smallest absolute Gasteiger partial charge is 0.230 e. The van der Waals surface area contributed by atoms with E-state index in [1.54, 1.807) is 19.2 Å². The number of ether oxygens (including phenoxy) is 1. The van der Waals surface area contributed by atoms with Crippen molar-refractivity contribution in [1.29, 1.82) is 5.41 Å². The average molecular weight is 280 g/mol. The lowest BCUT2D eigenvalue weighted by Gasteiger charge is -2.11. The van der Waals surface area contributed by atoms with E-state index >= 15 is 0 Å². The van der Waals surface area contributed by atoms with Gasteiger partial charge in [0.1, 0.15) is 17.4 Å². The fourth-order valence-corrected chi connectivity index (χ4v) is 1.76. The van der Waals surface area contributed by atoms with Crippen molar-refractivity contribution in [2.24, 2.45) is 5.73 Å². The van der Waals surface area contributed by atoms with Gasteiger partial charge in [-0.1, -0.05) is 11.6 Å². The Labute approximate surface area is 114 Å². The number of nitrogens with two attached hydrogens (primary N) is 1. The van der Waals surface area contributed by atoms with Crippen molar-refractivity contribution in [1.82, 2.24) is 4.98 Å². The van der Waals surface area contributed by atoms with Gasteiger partial charge in [-0.25, -0.2) is 9.37 Å². The maximum Gasteiger partial charge on any atom is 0.230 e. The molecule has 0 atom stereocenters. The predicted molar refractivity (Wildman–Crippen MR) is 71.5 cm³/mol. The summed E-state index contributed by atoms with van der Waals surface area (Å²) >= 11 is 5.67. The van der Waals surface area contributed by atoms with Crippen LogP contribution in [0.1, 0.15) is 11.1 Å². The molecule has 0 unspecified atom stereocenters. The highest BCUT2D eigenvalue weighted by molar-refractivity contribution is 6.30. The summed E-state index contributed by atoms with van der Waals surface area (Å²) in [5.74, 6) is -0.158. The lowest BCUT2D eigenvalue weighted by Crippen LogP contribution is -2.14. The first kappa shape index (κ1) is 13.3. The zero-order valence-electron chi connectivity index (χ0n) is 10.1. The van der Waals surface area contributed by atoms with Crippen LogP contribution in [0.4, 0.5) is 4.39 Å². The fraction of sp³-hybridized carbons (Fsp3) is 0.0769. The number of nitrogen functional groups attached to an aromatic ring is 1. The van der Waals surface area contributed by atoms with E-state index in [0.29, 0.717) is 11.3 Å². The van der Waals surface area contributed by atoms with Gasteiger partial charge in [0, 0.05) is 12.3 Å². The summed E-state index contributed by atoms with van der Waals surface area (Å²) in [4.78, 5) is 4.03. The molecule has 19 heavy (non-hydrogen) atoms. The van der Waals surface area contributed by atoms with Gasteiger partial charge in [-0.05, 0) is 30.7 Å². The number of halogens is 2. The molecule has 0 aliphatic heterocycles. The lowest BCUT2D eigenvalue weighted by atomic mass is 10.1.